The number of benzene rings is 3. The number of hydrogen-bond acceptors (Lipinski definition) is 0. The first kappa shape index (κ1) is 12.6. The number of rotatable bonds is 0. The summed E-state index contributed by atoms with van der Waals surface area (Å²) in [7, 11) is 2.19. The highest BCUT2D eigenvalue weighted by Crippen LogP contribution is 2.53. The van der Waals surface area contributed by atoms with E-state index in [0.29, 0.717) is 5.92 Å². The molecule has 114 valence electrons. The maximum Gasteiger partial charge on any atom is 0.0501 e. The summed E-state index contributed by atoms with van der Waals surface area (Å²) in [5, 5.41) is 2.79. The van der Waals surface area contributed by atoms with Gasteiger partial charge in [-0.3, -0.25) is 0 Å². The standard InChI is InChI=1S/C23H17N/c1-24-20-12-5-4-9-17(20)23-18-11-6-10-16-14-7-2-3-8-15(14)19(22(16)18)13-21(23)24/h2-9,11-13,16H,10H2,1H3. The SMILES string of the molecule is Cn1c2ccccc2c2c3c4c(cc21)-c1ccccc1C4CC=C3. The van der Waals surface area contributed by atoms with E-state index in [0.717, 1.165) is 6.42 Å². The zero-order valence-corrected chi connectivity index (χ0v) is 13.6. The number of nitrogens with zero attached hydrogens (tertiary/aromatic N) is 1. The summed E-state index contributed by atoms with van der Waals surface area (Å²) < 4.78 is 2.35. The zero-order chi connectivity index (χ0) is 15.8. The van der Waals surface area contributed by atoms with Crippen LogP contribution in [0.1, 0.15) is 29.0 Å². The van der Waals surface area contributed by atoms with Crippen LogP contribution in [0.25, 0.3) is 39.0 Å². The Hall–Kier alpha value is -2.80. The van der Waals surface area contributed by atoms with E-state index in [2.05, 4.69) is 78.4 Å². The highest BCUT2D eigenvalue weighted by Gasteiger charge is 2.33. The van der Waals surface area contributed by atoms with E-state index in [1.54, 1.807) is 5.56 Å². The second-order valence-electron chi connectivity index (χ2n) is 7.00. The van der Waals surface area contributed by atoms with E-state index in [1.807, 2.05) is 0 Å². The van der Waals surface area contributed by atoms with E-state index in [9.17, 15) is 0 Å². The summed E-state index contributed by atoms with van der Waals surface area (Å²) in [5.41, 5.74) is 10.00. The predicted octanol–water partition coefficient (Wildman–Crippen LogP) is 5.86. The highest BCUT2D eigenvalue weighted by molar-refractivity contribution is 6.14. The van der Waals surface area contributed by atoms with Gasteiger partial charge in [0, 0.05) is 29.3 Å². The number of hydrogen-bond donors (Lipinski definition) is 0. The van der Waals surface area contributed by atoms with Crippen molar-refractivity contribution in [1.82, 2.24) is 4.57 Å². The fourth-order valence-corrected chi connectivity index (χ4v) is 4.90. The summed E-state index contributed by atoms with van der Waals surface area (Å²) in [5.74, 6) is 0.527. The molecule has 0 radical (unpaired) electrons. The van der Waals surface area contributed by atoms with Crippen molar-refractivity contribution in [1.29, 1.82) is 0 Å². The molecule has 1 aromatic heterocycles. The Morgan fingerprint density at radius 1 is 0.917 bits per heavy atom. The molecule has 1 atom stereocenters. The maximum atomic E-state index is 2.42. The van der Waals surface area contributed by atoms with Gasteiger partial charge in [0.15, 0.2) is 0 Å². The molecule has 0 amide bonds. The number of fused-ring (bicyclic) bond motifs is 7. The molecule has 3 aromatic carbocycles. The summed E-state index contributed by atoms with van der Waals surface area (Å²) in [4.78, 5) is 0. The first-order valence-corrected chi connectivity index (χ1v) is 8.64. The van der Waals surface area contributed by atoms with Crippen molar-refractivity contribution >= 4 is 27.9 Å². The number of para-hydroxylation sites is 1. The summed E-state index contributed by atoms with van der Waals surface area (Å²) in [6.07, 6.45) is 5.84. The topological polar surface area (TPSA) is 4.93 Å². The molecular formula is C23H17N. The Morgan fingerprint density at radius 3 is 2.71 bits per heavy atom. The molecule has 4 aromatic rings. The number of aryl methyl sites for hydroxylation is 1. The molecule has 0 N–H and O–H groups in total. The maximum absolute atomic E-state index is 2.42. The first-order chi connectivity index (χ1) is 11.8. The van der Waals surface area contributed by atoms with Gasteiger partial charge in [-0.15, -0.1) is 0 Å². The van der Waals surface area contributed by atoms with E-state index >= 15 is 0 Å². The second kappa shape index (κ2) is 4.18. The van der Waals surface area contributed by atoms with Gasteiger partial charge in [0.2, 0.25) is 0 Å². The number of allylic oxidation sites excluding steroid dienone is 1. The smallest absolute Gasteiger partial charge is 0.0501 e. The van der Waals surface area contributed by atoms with Crippen LogP contribution in [0.5, 0.6) is 0 Å². The molecular weight excluding hydrogens is 290 g/mol. The largest absolute Gasteiger partial charge is 0.344 e. The molecule has 0 saturated heterocycles. The molecule has 1 heteroatoms. The summed E-state index contributed by atoms with van der Waals surface area (Å²) in [6.45, 7) is 0. The predicted molar refractivity (Wildman–Crippen MR) is 101 cm³/mol. The van der Waals surface area contributed by atoms with Crippen molar-refractivity contribution in [3.63, 3.8) is 0 Å². The van der Waals surface area contributed by atoms with E-state index < -0.39 is 0 Å². The Bertz CT molecular complexity index is 1190. The average molecular weight is 307 g/mol. The molecule has 1 nitrogen and oxygen atoms in total. The van der Waals surface area contributed by atoms with Crippen molar-refractivity contribution in [2.75, 3.05) is 0 Å². The molecule has 0 spiro atoms. The zero-order valence-electron chi connectivity index (χ0n) is 13.6. The van der Waals surface area contributed by atoms with Crippen molar-refractivity contribution in [2.45, 2.75) is 12.3 Å². The monoisotopic (exact) mass is 307 g/mol. The van der Waals surface area contributed by atoms with Gasteiger partial charge in [-0.05, 0) is 46.4 Å². The van der Waals surface area contributed by atoms with Gasteiger partial charge >= 0.3 is 0 Å². The van der Waals surface area contributed by atoms with Crippen LogP contribution in [0.4, 0.5) is 0 Å². The molecule has 1 heterocycles. The van der Waals surface area contributed by atoms with Crippen molar-refractivity contribution < 1.29 is 0 Å². The molecule has 0 aliphatic heterocycles. The minimum Gasteiger partial charge on any atom is -0.344 e. The fourth-order valence-electron chi connectivity index (χ4n) is 4.90. The van der Waals surface area contributed by atoms with Crippen LogP contribution >= 0.6 is 0 Å². The third-order valence-corrected chi connectivity index (χ3v) is 5.91. The Morgan fingerprint density at radius 2 is 1.75 bits per heavy atom. The molecule has 2 aliphatic rings. The van der Waals surface area contributed by atoms with Crippen LogP contribution in [0, 0.1) is 0 Å². The molecule has 2 aliphatic carbocycles. The van der Waals surface area contributed by atoms with Crippen molar-refractivity contribution in [3.8, 4) is 11.1 Å². The van der Waals surface area contributed by atoms with Gasteiger partial charge < -0.3 is 4.57 Å². The first-order valence-electron chi connectivity index (χ1n) is 8.64. The van der Waals surface area contributed by atoms with E-state index in [4.69, 9.17) is 0 Å². The molecule has 1 unspecified atom stereocenters. The van der Waals surface area contributed by atoms with E-state index in [-0.39, 0.29) is 0 Å². The van der Waals surface area contributed by atoms with Crippen LogP contribution in [-0.4, -0.2) is 4.57 Å². The Balaban J connectivity index is 1.88. The third kappa shape index (κ3) is 1.33. The molecule has 0 bridgehead atoms. The average Bonchev–Trinajstić information content (AvgIpc) is 3.12. The third-order valence-electron chi connectivity index (χ3n) is 5.91. The van der Waals surface area contributed by atoms with Gasteiger partial charge in [0.05, 0.1) is 5.52 Å². The lowest BCUT2D eigenvalue weighted by Gasteiger charge is -2.19. The van der Waals surface area contributed by atoms with Crippen LogP contribution < -0.4 is 0 Å². The highest BCUT2D eigenvalue weighted by atomic mass is 14.9. The second-order valence-corrected chi connectivity index (χ2v) is 7.00. The summed E-state index contributed by atoms with van der Waals surface area (Å²) >= 11 is 0. The van der Waals surface area contributed by atoms with Crippen LogP contribution in [0.3, 0.4) is 0 Å². The Labute approximate surface area is 140 Å². The van der Waals surface area contributed by atoms with Gasteiger partial charge in [0.1, 0.15) is 0 Å². The van der Waals surface area contributed by atoms with Crippen LogP contribution in [0.2, 0.25) is 0 Å². The number of aromatic nitrogens is 1. The lowest BCUT2D eigenvalue weighted by atomic mass is 9.84. The van der Waals surface area contributed by atoms with Crippen molar-refractivity contribution in [2.24, 2.45) is 7.05 Å². The molecule has 6 rings (SSSR count). The van der Waals surface area contributed by atoms with Crippen LogP contribution in [-0.2, 0) is 7.05 Å². The fraction of sp³-hybridized carbons (Fsp3) is 0.130. The lowest BCUT2D eigenvalue weighted by Crippen LogP contribution is -2.02. The van der Waals surface area contributed by atoms with Crippen LogP contribution in [0.15, 0.2) is 60.7 Å². The van der Waals surface area contributed by atoms with Gasteiger partial charge in [-0.2, -0.15) is 0 Å². The lowest BCUT2D eigenvalue weighted by molar-refractivity contribution is 0.846. The van der Waals surface area contributed by atoms with E-state index in [1.165, 1.54) is 44.1 Å². The molecule has 0 fully saturated rings. The van der Waals surface area contributed by atoms with Gasteiger partial charge in [0.25, 0.3) is 0 Å². The van der Waals surface area contributed by atoms with Gasteiger partial charge in [-0.1, -0.05) is 54.6 Å². The minimum absolute atomic E-state index is 0.527. The minimum atomic E-state index is 0.527. The van der Waals surface area contributed by atoms with Crippen molar-refractivity contribution in [3.05, 3.63) is 77.4 Å². The quantitative estimate of drug-likeness (QED) is 0.383. The summed E-state index contributed by atoms with van der Waals surface area (Å²) in [6, 6.07) is 20.1. The Kier molecular flexibility index (Phi) is 2.20. The molecule has 24 heavy (non-hydrogen) atoms. The molecule has 0 saturated carbocycles. The van der Waals surface area contributed by atoms with Gasteiger partial charge in [-0.25, -0.2) is 0 Å². The normalized spacial score (nSPS) is 17.5.